The molecule has 0 radical (unpaired) electrons. The lowest BCUT2D eigenvalue weighted by molar-refractivity contribution is -0.132. The molecule has 1 fully saturated rings. The Morgan fingerprint density at radius 2 is 1.89 bits per heavy atom. The second-order valence-electron chi connectivity index (χ2n) is 4.98. The normalized spacial score (nSPS) is 18.0. The van der Waals surface area contributed by atoms with Crippen molar-refractivity contribution in [1.29, 1.82) is 0 Å². The molecule has 0 saturated heterocycles. The van der Waals surface area contributed by atoms with Crippen molar-refractivity contribution in [3.63, 3.8) is 0 Å². The van der Waals surface area contributed by atoms with Gasteiger partial charge in [-0.2, -0.15) is 0 Å². The summed E-state index contributed by atoms with van der Waals surface area (Å²) < 4.78 is 5.58. The Morgan fingerprint density at radius 3 is 2.47 bits per heavy atom. The molecule has 4 heteroatoms. The van der Waals surface area contributed by atoms with Gasteiger partial charge in [0.05, 0.1) is 6.61 Å². The molecule has 2 rings (SSSR count). The highest BCUT2D eigenvalue weighted by atomic mass is 35.5. The third kappa shape index (κ3) is 3.95. The van der Waals surface area contributed by atoms with Crippen LogP contribution in [0.15, 0.2) is 24.3 Å². The fourth-order valence-corrected chi connectivity index (χ4v) is 2.64. The van der Waals surface area contributed by atoms with Crippen LogP contribution in [-0.4, -0.2) is 23.6 Å². The molecule has 19 heavy (non-hydrogen) atoms. The zero-order chi connectivity index (χ0) is 13.7. The van der Waals surface area contributed by atoms with Gasteiger partial charge in [-0.3, -0.25) is 4.79 Å². The highest BCUT2D eigenvalue weighted by molar-refractivity contribution is 6.30. The Bertz CT molecular complexity index is 410. The first kappa shape index (κ1) is 14.4. The number of carbonyl (C=O) groups excluding carboxylic acids is 1. The zero-order valence-corrected chi connectivity index (χ0v) is 11.6. The van der Waals surface area contributed by atoms with Crippen molar-refractivity contribution in [3.8, 4) is 5.75 Å². The van der Waals surface area contributed by atoms with Gasteiger partial charge in [0.2, 0.25) is 0 Å². The van der Waals surface area contributed by atoms with Crippen LogP contribution >= 0.6 is 11.6 Å². The van der Waals surface area contributed by atoms with Gasteiger partial charge in [-0.15, -0.1) is 0 Å². The molecule has 0 amide bonds. The standard InChI is InChI=1S/C15H19ClO3/c16-12-6-8-13(9-7-12)19-14(10-17)15(18)11-4-2-1-3-5-11/h6-9,11,14,17H,1-5,10H2. The molecule has 104 valence electrons. The highest BCUT2D eigenvalue weighted by Crippen LogP contribution is 2.26. The van der Waals surface area contributed by atoms with Crippen molar-refractivity contribution < 1.29 is 14.6 Å². The summed E-state index contributed by atoms with van der Waals surface area (Å²) in [5.74, 6) is 0.628. The van der Waals surface area contributed by atoms with Gasteiger partial charge in [-0.25, -0.2) is 0 Å². The monoisotopic (exact) mass is 282 g/mol. The first-order chi connectivity index (χ1) is 9.20. The summed E-state index contributed by atoms with van der Waals surface area (Å²) >= 11 is 5.79. The van der Waals surface area contributed by atoms with E-state index in [9.17, 15) is 9.90 Å². The molecule has 1 N–H and O–H groups in total. The van der Waals surface area contributed by atoms with Crippen LogP contribution in [0.25, 0.3) is 0 Å². The van der Waals surface area contributed by atoms with Crippen molar-refractivity contribution in [2.45, 2.75) is 38.2 Å². The highest BCUT2D eigenvalue weighted by Gasteiger charge is 2.29. The zero-order valence-electron chi connectivity index (χ0n) is 10.8. The fourth-order valence-electron chi connectivity index (χ4n) is 2.51. The van der Waals surface area contributed by atoms with Gasteiger partial charge in [0.1, 0.15) is 5.75 Å². The third-order valence-corrected chi connectivity index (χ3v) is 3.83. The summed E-state index contributed by atoms with van der Waals surface area (Å²) in [5.41, 5.74) is 0. The minimum Gasteiger partial charge on any atom is -0.480 e. The Morgan fingerprint density at radius 1 is 1.26 bits per heavy atom. The molecule has 1 aliphatic rings. The van der Waals surface area contributed by atoms with Gasteiger partial charge in [0.25, 0.3) is 0 Å². The van der Waals surface area contributed by atoms with Crippen LogP contribution < -0.4 is 4.74 Å². The summed E-state index contributed by atoms with van der Waals surface area (Å²) in [6.07, 6.45) is 4.46. The van der Waals surface area contributed by atoms with Gasteiger partial charge in [0, 0.05) is 10.9 Å². The molecule has 1 aliphatic carbocycles. The Balaban J connectivity index is 1.98. The van der Waals surface area contributed by atoms with Crippen LogP contribution in [0, 0.1) is 5.92 Å². The van der Waals surface area contributed by atoms with Crippen molar-refractivity contribution in [2.75, 3.05) is 6.61 Å². The maximum atomic E-state index is 12.3. The second kappa shape index (κ2) is 6.92. The molecule has 1 saturated carbocycles. The summed E-state index contributed by atoms with van der Waals surface area (Å²) in [6, 6.07) is 6.82. The summed E-state index contributed by atoms with van der Waals surface area (Å²) in [5, 5.41) is 9.99. The molecule has 0 aromatic heterocycles. The maximum Gasteiger partial charge on any atom is 0.180 e. The van der Waals surface area contributed by atoms with Crippen LogP contribution in [0.1, 0.15) is 32.1 Å². The van der Waals surface area contributed by atoms with E-state index in [1.54, 1.807) is 24.3 Å². The molecule has 3 nitrogen and oxygen atoms in total. The predicted octanol–water partition coefficient (Wildman–Crippen LogP) is 3.23. The Hall–Kier alpha value is -1.06. The molecular formula is C15H19ClO3. The smallest absolute Gasteiger partial charge is 0.180 e. The van der Waals surface area contributed by atoms with E-state index < -0.39 is 6.10 Å². The van der Waals surface area contributed by atoms with Crippen molar-refractivity contribution in [3.05, 3.63) is 29.3 Å². The van der Waals surface area contributed by atoms with Crippen molar-refractivity contribution in [2.24, 2.45) is 5.92 Å². The molecule has 1 aromatic carbocycles. The lowest BCUT2D eigenvalue weighted by atomic mass is 9.84. The van der Waals surface area contributed by atoms with E-state index in [2.05, 4.69) is 0 Å². The Labute approximate surface area is 118 Å². The molecule has 1 atom stereocenters. The summed E-state index contributed by atoms with van der Waals surface area (Å²) in [7, 11) is 0. The number of Topliss-reactive ketones (excluding diaryl/α,β-unsaturated/α-hetero) is 1. The average Bonchev–Trinajstić information content (AvgIpc) is 2.47. The molecular weight excluding hydrogens is 264 g/mol. The van der Waals surface area contributed by atoms with Crippen LogP contribution in [0.5, 0.6) is 5.75 Å². The number of halogens is 1. The van der Waals surface area contributed by atoms with Crippen LogP contribution in [-0.2, 0) is 4.79 Å². The lowest BCUT2D eigenvalue weighted by Crippen LogP contribution is -2.36. The number of benzene rings is 1. The SMILES string of the molecule is O=C(C1CCCCC1)C(CO)Oc1ccc(Cl)cc1. The number of ketones is 1. The number of aliphatic hydroxyl groups is 1. The van der Waals surface area contributed by atoms with E-state index in [0.29, 0.717) is 10.8 Å². The largest absolute Gasteiger partial charge is 0.480 e. The molecule has 1 unspecified atom stereocenters. The second-order valence-corrected chi connectivity index (χ2v) is 5.42. The predicted molar refractivity (Wildman–Crippen MR) is 74.5 cm³/mol. The molecule has 0 bridgehead atoms. The molecule has 1 aromatic rings. The van der Waals surface area contributed by atoms with E-state index in [0.717, 1.165) is 25.7 Å². The van der Waals surface area contributed by atoms with E-state index in [1.807, 2.05) is 0 Å². The van der Waals surface area contributed by atoms with Crippen molar-refractivity contribution in [1.82, 2.24) is 0 Å². The number of hydrogen-bond donors (Lipinski definition) is 1. The van der Waals surface area contributed by atoms with Gasteiger partial charge < -0.3 is 9.84 Å². The number of rotatable bonds is 5. The lowest BCUT2D eigenvalue weighted by Gasteiger charge is -2.24. The first-order valence-electron chi connectivity index (χ1n) is 6.77. The van der Waals surface area contributed by atoms with Crippen LogP contribution in [0.2, 0.25) is 5.02 Å². The number of hydrogen-bond acceptors (Lipinski definition) is 3. The third-order valence-electron chi connectivity index (χ3n) is 3.58. The minimum absolute atomic E-state index is 0.0251. The van der Waals surface area contributed by atoms with Gasteiger partial charge in [-0.05, 0) is 37.1 Å². The minimum atomic E-state index is -0.760. The summed E-state index contributed by atoms with van der Waals surface area (Å²) in [6.45, 7) is -0.280. The van der Waals surface area contributed by atoms with Gasteiger partial charge >= 0.3 is 0 Å². The number of ether oxygens (including phenoxy) is 1. The molecule has 0 aliphatic heterocycles. The fraction of sp³-hybridized carbons (Fsp3) is 0.533. The van der Waals surface area contributed by atoms with Crippen LogP contribution in [0.3, 0.4) is 0 Å². The number of aliphatic hydroxyl groups excluding tert-OH is 1. The quantitative estimate of drug-likeness (QED) is 0.902. The first-order valence-corrected chi connectivity index (χ1v) is 7.15. The van der Waals surface area contributed by atoms with E-state index in [-0.39, 0.29) is 18.3 Å². The maximum absolute atomic E-state index is 12.3. The molecule has 0 spiro atoms. The van der Waals surface area contributed by atoms with E-state index in [1.165, 1.54) is 6.42 Å². The van der Waals surface area contributed by atoms with E-state index >= 15 is 0 Å². The van der Waals surface area contributed by atoms with E-state index in [4.69, 9.17) is 16.3 Å². The number of carbonyl (C=O) groups is 1. The van der Waals surface area contributed by atoms with Crippen LogP contribution in [0.4, 0.5) is 0 Å². The summed E-state index contributed by atoms with van der Waals surface area (Å²) in [4.78, 5) is 12.3. The van der Waals surface area contributed by atoms with Gasteiger partial charge in [0.15, 0.2) is 11.9 Å². The Kier molecular flexibility index (Phi) is 5.23. The molecule has 0 heterocycles. The van der Waals surface area contributed by atoms with Gasteiger partial charge in [-0.1, -0.05) is 30.9 Å². The topological polar surface area (TPSA) is 46.5 Å². The average molecular weight is 283 g/mol. The van der Waals surface area contributed by atoms with Crippen molar-refractivity contribution >= 4 is 17.4 Å².